The second kappa shape index (κ2) is 8.15. The second-order valence-electron chi connectivity index (χ2n) is 8.90. The average Bonchev–Trinajstić information content (AvgIpc) is 2.92. The number of alkyl halides is 3. The van der Waals surface area contributed by atoms with Crippen molar-refractivity contribution >= 4 is 35.1 Å². The van der Waals surface area contributed by atoms with Gasteiger partial charge >= 0.3 is 13.3 Å². The molecule has 4 rings (SSSR count). The molecule has 0 aliphatic carbocycles. The van der Waals surface area contributed by atoms with Crippen LogP contribution in [-0.4, -0.2) is 23.3 Å². The first-order valence-corrected chi connectivity index (χ1v) is 10.6. The Labute approximate surface area is 194 Å². The highest BCUT2D eigenvalue weighted by molar-refractivity contribution is 6.62. The van der Waals surface area contributed by atoms with Crippen molar-refractivity contribution in [2.24, 2.45) is 0 Å². The van der Waals surface area contributed by atoms with Gasteiger partial charge in [-0.1, -0.05) is 29.8 Å². The van der Waals surface area contributed by atoms with Crippen molar-refractivity contribution in [1.82, 2.24) is 4.98 Å². The number of halogens is 5. The van der Waals surface area contributed by atoms with Gasteiger partial charge in [0.2, 0.25) is 5.88 Å². The van der Waals surface area contributed by atoms with Gasteiger partial charge in [-0.05, 0) is 57.4 Å². The van der Waals surface area contributed by atoms with Crippen molar-refractivity contribution in [1.29, 1.82) is 0 Å². The van der Waals surface area contributed by atoms with E-state index in [1.807, 2.05) is 27.7 Å². The Morgan fingerprint density at radius 2 is 1.67 bits per heavy atom. The molecule has 1 saturated heterocycles. The third-order valence-corrected chi connectivity index (χ3v) is 6.25. The summed E-state index contributed by atoms with van der Waals surface area (Å²) in [6, 6.07) is 9.59. The Hall–Kier alpha value is -2.36. The molecule has 1 fully saturated rings. The van der Waals surface area contributed by atoms with Crippen LogP contribution >= 0.6 is 11.6 Å². The smallest absolute Gasteiger partial charge is 0.472 e. The molecule has 4 nitrogen and oxygen atoms in total. The highest BCUT2D eigenvalue weighted by Crippen LogP contribution is 2.39. The summed E-state index contributed by atoms with van der Waals surface area (Å²) in [5.41, 5.74) is -1.26. The zero-order valence-electron chi connectivity index (χ0n) is 18.4. The third-order valence-electron chi connectivity index (χ3n) is 6.02. The molecule has 0 spiro atoms. The van der Waals surface area contributed by atoms with E-state index in [4.69, 9.17) is 25.6 Å². The summed E-state index contributed by atoms with van der Waals surface area (Å²) in [4.78, 5) is 4.11. The van der Waals surface area contributed by atoms with Gasteiger partial charge in [0, 0.05) is 16.0 Å². The zero-order chi connectivity index (χ0) is 24.2. The summed E-state index contributed by atoms with van der Waals surface area (Å²) in [6.07, 6.45) is -4.71. The summed E-state index contributed by atoms with van der Waals surface area (Å²) in [7, 11) is -0.698. The molecule has 0 radical (unpaired) electrons. The molecular formula is C23H21BClF4NO3. The van der Waals surface area contributed by atoms with Gasteiger partial charge < -0.3 is 14.0 Å². The molecule has 0 amide bonds. The minimum Gasteiger partial charge on any atom is -0.472 e. The Balaban J connectivity index is 1.70. The molecule has 0 N–H and O–H groups in total. The summed E-state index contributed by atoms with van der Waals surface area (Å²) in [5, 5.41) is 0.443. The first-order valence-electron chi connectivity index (χ1n) is 10.2. The van der Waals surface area contributed by atoms with Gasteiger partial charge in [-0.25, -0.2) is 9.37 Å². The SMILES string of the molecule is CC1(C)OB(c2ccc3cc(C(F)(F)F)c(OCc4ccc(Cl)cc4F)nc3c2)OC1(C)C. The van der Waals surface area contributed by atoms with E-state index < -0.39 is 48.4 Å². The van der Waals surface area contributed by atoms with E-state index in [0.717, 1.165) is 12.1 Å². The van der Waals surface area contributed by atoms with Crippen molar-refractivity contribution in [3.05, 3.63) is 64.4 Å². The van der Waals surface area contributed by atoms with E-state index in [-0.39, 0.29) is 21.5 Å². The van der Waals surface area contributed by atoms with Crippen LogP contribution in [0.25, 0.3) is 10.9 Å². The van der Waals surface area contributed by atoms with Gasteiger partial charge in [0.05, 0.1) is 16.7 Å². The molecule has 0 saturated carbocycles. The van der Waals surface area contributed by atoms with Crippen LogP contribution in [0.15, 0.2) is 42.5 Å². The molecule has 1 aromatic heterocycles. The van der Waals surface area contributed by atoms with Crippen LogP contribution in [0.4, 0.5) is 17.6 Å². The number of aromatic nitrogens is 1. The largest absolute Gasteiger partial charge is 0.494 e. The molecule has 0 unspecified atom stereocenters. The highest BCUT2D eigenvalue weighted by atomic mass is 35.5. The van der Waals surface area contributed by atoms with Crippen LogP contribution in [0.2, 0.25) is 5.02 Å². The molecule has 1 aliphatic heterocycles. The average molecular weight is 482 g/mol. The van der Waals surface area contributed by atoms with E-state index in [1.54, 1.807) is 12.1 Å². The second-order valence-corrected chi connectivity index (χ2v) is 9.34. The molecule has 174 valence electrons. The molecule has 2 aromatic carbocycles. The standard InChI is InChI=1S/C23H21BClF4NO3/c1-21(2)22(3,4)33-24(32-21)15-7-5-13-9-17(23(27,28)29)20(30-19(13)10-15)31-12-14-6-8-16(25)11-18(14)26/h5-11H,12H2,1-4H3. The molecule has 0 atom stereocenters. The number of rotatable bonds is 4. The summed E-state index contributed by atoms with van der Waals surface area (Å²) >= 11 is 5.73. The maximum absolute atomic E-state index is 14.1. The Morgan fingerprint density at radius 3 is 2.27 bits per heavy atom. The Morgan fingerprint density at radius 1 is 1.00 bits per heavy atom. The highest BCUT2D eigenvalue weighted by Gasteiger charge is 2.51. The lowest BCUT2D eigenvalue weighted by Gasteiger charge is -2.32. The number of pyridine rings is 1. The van der Waals surface area contributed by atoms with Crippen LogP contribution in [0.3, 0.4) is 0 Å². The van der Waals surface area contributed by atoms with Crippen LogP contribution in [0, 0.1) is 5.82 Å². The zero-order valence-corrected chi connectivity index (χ0v) is 19.1. The molecule has 10 heteroatoms. The van der Waals surface area contributed by atoms with Gasteiger partial charge in [-0.15, -0.1) is 0 Å². The fraction of sp³-hybridized carbons (Fsp3) is 0.348. The van der Waals surface area contributed by atoms with Crippen molar-refractivity contribution < 1.29 is 31.6 Å². The molecular weight excluding hydrogens is 461 g/mol. The molecule has 33 heavy (non-hydrogen) atoms. The number of hydrogen-bond donors (Lipinski definition) is 0. The van der Waals surface area contributed by atoms with Gasteiger partial charge in [-0.2, -0.15) is 13.2 Å². The van der Waals surface area contributed by atoms with Crippen molar-refractivity contribution in [2.75, 3.05) is 0 Å². The minimum absolute atomic E-state index is 0.0559. The first-order chi connectivity index (χ1) is 15.3. The van der Waals surface area contributed by atoms with E-state index in [2.05, 4.69) is 4.98 Å². The molecule has 2 heterocycles. The lowest BCUT2D eigenvalue weighted by atomic mass is 9.78. The number of fused-ring (bicyclic) bond motifs is 1. The summed E-state index contributed by atoms with van der Waals surface area (Å²) in [5.74, 6) is -1.32. The van der Waals surface area contributed by atoms with Gasteiger partial charge in [0.1, 0.15) is 18.0 Å². The fourth-order valence-corrected chi connectivity index (χ4v) is 3.55. The van der Waals surface area contributed by atoms with Crippen molar-refractivity contribution in [3.8, 4) is 5.88 Å². The quantitative estimate of drug-likeness (QED) is 0.342. The van der Waals surface area contributed by atoms with Crippen LogP contribution < -0.4 is 10.2 Å². The van der Waals surface area contributed by atoms with Gasteiger partial charge in [0.25, 0.3) is 0 Å². The monoisotopic (exact) mass is 481 g/mol. The first kappa shape index (κ1) is 23.8. The van der Waals surface area contributed by atoms with E-state index in [0.29, 0.717) is 5.46 Å². The van der Waals surface area contributed by atoms with Crippen LogP contribution in [0.1, 0.15) is 38.8 Å². The normalized spacial score (nSPS) is 17.5. The number of hydrogen-bond acceptors (Lipinski definition) is 4. The van der Waals surface area contributed by atoms with E-state index in [9.17, 15) is 17.6 Å². The molecule has 0 bridgehead atoms. The summed E-state index contributed by atoms with van der Waals surface area (Å²) < 4.78 is 72.5. The Bertz CT molecular complexity index is 1200. The lowest BCUT2D eigenvalue weighted by molar-refractivity contribution is -0.139. The fourth-order valence-electron chi connectivity index (χ4n) is 3.39. The van der Waals surface area contributed by atoms with Gasteiger partial charge in [0.15, 0.2) is 0 Å². The third kappa shape index (κ3) is 4.67. The number of benzene rings is 2. The van der Waals surface area contributed by atoms with Crippen molar-refractivity contribution in [2.45, 2.75) is 51.7 Å². The predicted molar refractivity (Wildman–Crippen MR) is 118 cm³/mol. The van der Waals surface area contributed by atoms with E-state index >= 15 is 0 Å². The van der Waals surface area contributed by atoms with E-state index in [1.165, 1.54) is 18.2 Å². The maximum atomic E-state index is 14.1. The Kier molecular flexibility index (Phi) is 5.87. The van der Waals surface area contributed by atoms with Gasteiger partial charge in [-0.3, -0.25) is 0 Å². The predicted octanol–water partition coefficient (Wildman–Crippen LogP) is 5.92. The lowest BCUT2D eigenvalue weighted by Crippen LogP contribution is -2.41. The molecule has 3 aromatic rings. The van der Waals surface area contributed by atoms with Crippen LogP contribution in [-0.2, 0) is 22.1 Å². The maximum Gasteiger partial charge on any atom is 0.494 e. The minimum atomic E-state index is -4.71. The number of ether oxygens (including phenoxy) is 1. The summed E-state index contributed by atoms with van der Waals surface area (Å²) in [6.45, 7) is 7.18. The van der Waals surface area contributed by atoms with Crippen molar-refractivity contribution in [3.63, 3.8) is 0 Å². The topological polar surface area (TPSA) is 40.6 Å². The van der Waals surface area contributed by atoms with Crippen LogP contribution in [0.5, 0.6) is 5.88 Å². The number of nitrogens with zero attached hydrogens (tertiary/aromatic N) is 1. The molecule has 1 aliphatic rings.